The Morgan fingerprint density at radius 3 is 2.58 bits per heavy atom. The minimum atomic E-state index is 0. The SMILES string of the molecule is CN=C(NCc1ccnc(N2CCCCC2)c1)NCc1ccccn1.I. The highest BCUT2D eigenvalue weighted by atomic mass is 127. The molecule has 1 aliphatic rings. The molecule has 0 amide bonds. The first-order chi connectivity index (χ1) is 12.3. The van der Waals surface area contributed by atoms with Crippen molar-refractivity contribution in [2.75, 3.05) is 25.0 Å². The molecule has 3 rings (SSSR count). The molecule has 0 radical (unpaired) electrons. The van der Waals surface area contributed by atoms with Crippen molar-refractivity contribution < 1.29 is 0 Å². The minimum absolute atomic E-state index is 0. The lowest BCUT2D eigenvalue weighted by molar-refractivity contribution is 0.573. The molecule has 26 heavy (non-hydrogen) atoms. The van der Waals surface area contributed by atoms with Crippen LogP contribution >= 0.6 is 24.0 Å². The van der Waals surface area contributed by atoms with Crippen LogP contribution in [-0.2, 0) is 13.1 Å². The van der Waals surface area contributed by atoms with Gasteiger partial charge < -0.3 is 15.5 Å². The van der Waals surface area contributed by atoms with Gasteiger partial charge in [-0.3, -0.25) is 9.98 Å². The van der Waals surface area contributed by atoms with E-state index in [0.717, 1.165) is 30.6 Å². The van der Waals surface area contributed by atoms with Crippen molar-refractivity contribution in [3.63, 3.8) is 0 Å². The highest BCUT2D eigenvalue weighted by Crippen LogP contribution is 2.18. The summed E-state index contributed by atoms with van der Waals surface area (Å²) in [7, 11) is 1.78. The molecule has 1 fully saturated rings. The first-order valence-electron chi connectivity index (χ1n) is 8.89. The second-order valence-electron chi connectivity index (χ2n) is 6.17. The number of piperidine rings is 1. The highest BCUT2D eigenvalue weighted by Gasteiger charge is 2.12. The smallest absolute Gasteiger partial charge is 0.191 e. The van der Waals surface area contributed by atoms with Gasteiger partial charge in [-0.15, -0.1) is 24.0 Å². The van der Waals surface area contributed by atoms with Gasteiger partial charge in [0.15, 0.2) is 5.96 Å². The predicted molar refractivity (Wildman–Crippen MR) is 117 cm³/mol. The van der Waals surface area contributed by atoms with Gasteiger partial charge in [0.1, 0.15) is 5.82 Å². The molecular formula is C19H27IN6. The molecule has 0 bridgehead atoms. The molecule has 6 nitrogen and oxygen atoms in total. The van der Waals surface area contributed by atoms with Crippen LogP contribution in [0.15, 0.2) is 47.7 Å². The third-order valence-electron chi connectivity index (χ3n) is 4.34. The van der Waals surface area contributed by atoms with E-state index < -0.39 is 0 Å². The number of guanidine groups is 1. The standard InChI is InChI=1S/C19H26N6.HI/c1-20-19(24-15-17-7-3-4-9-21-17)23-14-16-8-10-22-18(13-16)25-11-5-2-6-12-25;/h3-4,7-10,13H,2,5-6,11-12,14-15H2,1H3,(H2,20,23,24);1H. The number of hydrogen-bond acceptors (Lipinski definition) is 4. The van der Waals surface area contributed by atoms with E-state index in [0.29, 0.717) is 13.1 Å². The van der Waals surface area contributed by atoms with Gasteiger partial charge in [0, 0.05) is 39.1 Å². The first kappa shape index (κ1) is 20.4. The fourth-order valence-electron chi connectivity index (χ4n) is 2.95. The molecule has 3 heterocycles. The zero-order valence-electron chi connectivity index (χ0n) is 15.2. The van der Waals surface area contributed by atoms with Crippen LogP contribution in [0.1, 0.15) is 30.5 Å². The van der Waals surface area contributed by atoms with Crippen LogP contribution in [0.4, 0.5) is 5.82 Å². The van der Waals surface area contributed by atoms with Crippen molar-refractivity contribution in [1.82, 2.24) is 20.6 Å². The number of rotatable bonds is 5. The molecule has 0 atom stereocenters. The van der Waals surface area contributed by atoms with E-state index in [-0.39, 0.29) is 24.0 Å². The van der Waals surface area contributed by atoms with E-state index in [1.807, 2.05) is 30.5 Å². The van der Waals surface area contributed by atoms with Gasteiger partial charge in [-0.2, -0.15) is 0 Å². The number of anilines is 1. The number of pyridine rings is 2. The minimum Gasteiger partial charge on any atom is -0.357 e. The Balaban J connectivity index is 0.00000243. The molecule has 0 saturated carbocycles. The molecule has 140 valence electrons. The maximum atomic E-state index is 4.53. The summed E-state index contributed by atoms with van der Waals surface area (Å²) in [5.41, 5.74) is 2.19. The Bertz CT molecular complexity index is 685. The van der Waals surface area contributed by atoms with Gasteiger partial charge in [-0.05, 0) is 49.1 Å². The Hall–Kier alpha value is -1.90. The average molecular weight is 466 g/mol. The van der Waals surface area contributed by atoms with Crippen LogP contribution in [-0.4, -0.2) is 36.1 Å². The van der Waals surface area contributed by atoms with E-state index in [2.05, 4.69) is 36.6 Å². The number of aromatic nitrogens is 2. The summed E-state index contributed by atoms with van der Waals surface area (Å²) in [5, 5.41) is 6.64. The van der Waals surface area contributed by atoms with Gasteiger partial charge in [0.2, 0.25) is 0 Å². The van der Waals surface area contributed by atoms with E-state index in [1.54, 1.807) is 13.2 Å². The molecule has 7 heteroatoms. The molecule has 0 aliphatic carbocycles. The Morgan fingerprint density at radius 2 is 1.85 bits per heavy atom. The topological polar surface area (TPSA) is 65.4 Å². The van der Waals surface area contributed by atoms with Crippen molar-refractivity contribution in [3.05, 3.63) is 54.0 Å². The summed E-state index contributed by atoms with van der Waals surface area (Å²) in [6.07, 6.45) is 7.54. The third-order valence-corrected chi connectivity index (χ3v) is 4.34. The van der Waals surface area contributed by atoms with Crippen LogP contribution in [0.2, 0.25) is 0 Å². The summed E-state index contributed by atoms with van der Waals surface area (Å²) in [5.74, 6) is 1.84. The predicted octanol–water partition coefficient (Wildman–Crippen LogP) is 2.95. The summed E-state index contributed by atoms with van der Waals surface area (Å²) in [6, 6.07) is 10.1. The maximum absolute atomic E-state index is 4.53. The number of nitrogens with zero attached hydrogens (tertiary/aromatic N) is 4. The molecular weight excluding hydrogens is 439 g/mol. The number of aliphatic imine (C=N–C) groups is 1. The first-order valence-corrected chi connectivity index (χ1v) is 8.89. The fourth-order valence-corrected chi connectivity index (χ4v) is 2.95. The quantitative estimate of drug-likeness (QED) is 0.403. The van der Waals surface area contributed by atoms with E-state index >= 15 is 0 Å². The normalized spacial score (nSPS) is 14.5. The third kappa shape index (κ3) is 6.12. The van der Waals surface area contributed by atoms with Gasteiger partial charge in [0.25, 0.3) is 0 Å². The zero-order valence-corrected chi connectivity index (χ0v) is 17.5. The maximum Gasteiger partial charge on any atom is 0.191 e. The lowest BCUT2D eigenvalue weighted by Gasteiger charge is -2.28. The van der Waals surface area contributed by atoms with Crippen molar-refractivity contribution in [1.29, 1.82) is 0 Å². The summed E-state index contributed by atoms with van der Waals surface area (Å²) in [4.78, 5) is 15.5. The van der Waals surface area contributed by atoms with Crippen LogP contribution < -0.4 is 15.5 Å². The Labute approximate surface area is 172 Å². The van der Waals surface area contributed by atoms with Crippen molar-refractivity contribution in [3.8, 4) is 0 Å². The second-order valence-corrected chi connectivity index (χ2v) is 6.17. The lowest BCUT2D eigenvalue weighted by Crippen LogP contribution is -2.36. The summed E-state index contributed by atoms with van der Waals surface area (Å²) < 4.78 is 0. The monoisotopic (exact) mass is 466 g/mol. The summed E-state index contributed by atoms with van der Waals surface area (Å²) in [6.45, 7) is 3.58. The van der Waals surface area contributed by atoms with E-state index in [4.69, 9.17) is 0 Å². The Kier molecular flexibility index (Phi) is 8.60. The van der Waals surface area contributed by atoms with E-state index in [9.17, 15) is 0 Å². The molecule has 0 unspecified atom stereocenters. The van der Waals surface area contributed by atoms with E-state index in [1.165, 1.54) is 24.8 Å². The fraction of sp³-hybridized carbons (Fsp3) is 0.421. The molecule has 2 N–H and O–H groups in total. The van der Waals surface area contributed by atoms with Crippen LogP contribution in [0.5, 0.6) is 0 Å². The number of halogens is 1. The largest absolute Gasteiger partial charge is 0.357 e. The number of hydrogen-bond donors (Lipinski definition) is 2. The molecule has 1 aliphatic heterocycles. The lowest BCUT2D eigenvalue weighted by atomic mass is 10.1. The number of nitrogens with one attached hydrogen (secondary N) is 2. The van der Waals surface area contributed by atoms with Crippen LogP contribution in [0.25, 0.3) is 0 Å². The van der Waals surface area contributed by atoms with Gasteiger partial charge in [-0.1, -0.05) is 6.07 Å². The van der Waals surface area contributed by atoms with Gasteiger partial charge >= 0.3 is 0 Å². The van der Waals surface area contributed by atoms with Crippen molar-refractivity contribution in [2.24, 2.45) is 4.99 Å². The average Bonchev–Trinajstić information content (AvgIpc) is 2.70. The molecule has 1 saturated heterocycles. The highest BCUT2D eigenvalue weighted by molar-refractivity contribution is 14.0. The summed E-state index contributed by atoms with van der Waals surface area (Å²) >= 11 is 0. The van der Waals surface area contributed by atoms with Crippen LogP contribution in [0, 0.1) is 0 Å². The molecule has 0 aromatic carbocycles. The molecule has 2 aromatic rings. The van der Waals surface area contributed by atoms with Crippen LogP contribution in [0.3, 0.4) is 0 Å². The zero-order chi connectivity index (χ0) is 17.3. The Morgan fingerprint density at radius 1 is 1.04 bits per heavy atom. The molecule has 2 aromatic heterocycles. The van der Waals surface area contributed by atoms with Crippen molar-refractivity contribution >= 4 is 35.8 Å². The molecule has 0 spiro atoms. The second kappa shape index (κ2) is 10.9. The van der Waals surface area contributed by atoms with Gasteiger partial charge in [-0.25, -0.2) is 4.98 Å². The van der Waals surface area contributed by atoms with Crippen molar-refractivity contribution in [2.45, 2.75) is 32.4 Å². The van der Waals surface area contributed by atoms with Gasteiger partial charge in [0.05, 0.1) is 12.2 Å².